The Kier molecular flexibility index (Phi) is 6.03. The molecule has 0 fully saturated rings. The lowest BCUT2D eigenvalue weighted by Crippen LogP contribution is -2.44. The van der Waals surface area contributed by atoms with Gasteiger partial charge in [-0.15, -0.1) is 0 Å². The third-order valence-electron chi connectivity index (χ3n) is 4.47. The first kappa shape index (κ1) is 22.3. The average Bonchev–Trinajstić information content (AvgIpc) is 2.97. The number of carbonyl (C=O) groups is 4. The maximum absolute atomic E-state index is 12.8. The van der Waals surface area contributed by atoms with Crippen LogP contribution in [0.1, 0.15) is 33.2 Å². The highest BCUT2D eigenvalue weighted by Gasteiger charge is 2.41. The summed E-state index contributed by atoms with van der Waals surface area (Å²) in [6.07, 6.45) is -4.64. The van der Waals surface area contributed by atoms with Gasteiger partial charge in [0.1, 0.15) is 6.04 Å². The Morgan fingerprint density at radius 3 is 2.23 bits per heavy atom. The second kappa shape index (κ2) is 8.38. The molecule has 0 aliphatic carbocycles. The highest BCUT2D eigenvalue weighted by molar-refractivity contribution is 6.33. The summed E-state index contributed by atoms with van der Waals surface area (Å²) < 4.78 is 43.2. The van der Waals surface area contributed by atoms with Gasteiger partial charge in [-0.25, -0.2) is 4.79 Å². The summed E-state index contributed by atoms with van der Waals surface area (Å²) in [7, 11) is 0. The number of esters is 1. The summed E-state index contributed by atoms with van der Waals surface area (Å²) in [6, 6.07) is 7.07. The lowest BCUT2D eigenvalue weighted by Gasteiger charge is -2.20. The molecule has 2 aromatic rings. The molecule has 31 heavy (non-hydrogen) atoms. The van der Waals surface area contributed by atoms with Gasteiger partial charge in [0.25, 0.3) is 17.7 Å². The van der Waals surface area contributed by atoms with Crippen LogP contribution in [0.5, 0.6) is 0 Å². The molecule has 1 aliphatic rings. The number of hydrogen-bond acceptors (Lipinski definition) is 5. The zero-order valence-electron chi connectivity index (χ0n) is 15.8. The number of carbonyl (C=O) groups excluding carboxylic acids is 4. The van der Waals surface area contributed by atoms with Crippen molar-refractivity contribution < 1.29 is 37.1 Å². The number of hydrogen-bond donors (Lipinski definition) is 1. The Bertz CT molecular complexity index is 1050. The molecular formula is C20H14ClF3N2O5. The molecule has 0 spiro atoms. The number of alkyl halides is 3. The highest BCUT2D eigenvalue weighted by atomic mass is 35.5. The number of benzene rings is 2. The smallest absolute Gasteiger partial charge is 0.416 e. The molecule has 7 nitrogen and oxygen atoms in total. The number of rotatable bonds is 5. The minimum Gasteiger partial charge on any atom is -0.454 e. The van der Waals surface area contributed by atoms with Crippen LogP contribution in [0.3, 0.4) is 0 Å². The Hall–Kier alpha value is -3.40. The van der Waals surface area contributed by atoms with Gasteiger partial charge in [0.15, 0.2) is 6.61 Å². The summed E-state index contributed by atoms with van der Waals surface area (Å²) in [5.41, 5.74) is -1.05. The molecule has 1 heterocycles. The zero-order chi connectivity index (χ0) is 22.9. The van der Waals surface area contributed by atoms with Crippen LogP contribution in [0.2, 0.25) is 5.02 Å². The maximum Gasteiger partial charge on any atom is 0.416 e. The summed E-state index contributed by atoms with van der Waals surface area (Å²) in [5.74, 6) is -3.35. The van der Waals surface area contributed by atoms with E-state index in [1.54, 1.807) is 12.1 Å². The number of nitrogens with one attached hydrogen (secondary N) is 1. The monoisotopic (exact) mass is 454 g/mol. The quantitative estimate of drug-likeness (QED) is 0.551. The van der Waals surface area contributed by atoms with Gasteiger partial charge in [-0.1, -0.05) is 23.7 Å². The summed E-state index contributed by atoms with van der Waals surface area (Å²) in [4.78, 5) is 49.8. The summed E-state index contributed by atoms with van der Waals surface area (Å²) >= 11 is 5.79. The van der Waals surface area contributed by atoms with Gasteiger partial charge in [-0.3, -0.25) is 19.3 Å². The Balaban J connectivity index is 1.62. The van der Waals surface area contributed by atoms with Crippen molar-refractivity contribution in [1.82, 2.24) is 4.90 Å². The van der Waals surface area contributed by atoms with E-state index in [0.29, 0.717) is 11.0 Å². The number of nitrogens with zero attached hydrogens (tertiary/aromatic N) is 1. The van der Waals surface area contributed by atoms with E-state index in [1.807, 2.05) is 0 Å². The first-order chi connectivity index (χ1) is 14.5. The van der Waals surface area contributed by atoms with Gasteiger partial charge in [-0.05, 0) is 37.3 Å². The minimum absolute atomic E-state index is 0.143. The largest absolute Gasteiger partial charge is 0.454 e. The van der Waals surface area contributed by atoms with Crippen LogP contribution in [0.4, 0.5) is 18.9 Å². The van der Waals surface area contributed by atoms with Crippen LogP contribution in [0, 0.1) is 0 Å². The molecule has 3 amide bonds. The fourth-order valence-electron chi connectivity index (χ4n) is 2.91. The van der Waals surface area contributed by atoms with E-state index in [1.165, 1.54) is 19.1 Å². The summed E-state index contributed by atoms with van der Waals surface area (Å²) in [5, 5.41) is 1.98. The van der Waals surface area contributed by atoms with E-state index in [2.05, 4.69) is 5.32 Å². The maximum atomic E-state index is 12.8. The Morgan fingerprint density at radius 1 is 1.10 bits per heavy atom. The molecule has 1 N–H and O–H groups in total. The molecule has 0 aromatic heterocycles. The zero-order valence-corrected chi connectivity index (χ0v) is 16.6. The Morgan fingerprint density at radius 2 is 1.68 bits per heavy atom. The third kappa shape index (κ3) is 4.53. The first-order valence-corrected chi connectivity index (χ1v) is 9.18. The molecule has 1 aliphatic heterocycles. The van der Waals surface area contributed by atoms with Crippen molar-refractivity contribution in [2.24, 2.45) is 0 Å². The molecule has 3 rings (SSSR count). The van der Waals surface area contributed by atoms with Crippen molar-refractivity contribution in [1.29, 1.82) is 0 Å². The van der Waals surface area contributed by atoms with Crippen LogP contribution in [-0.2, 0) is 20.5 Å². The standard InChI is InChI=1S/C20H14ClF3N2O5/c1-10(26-17(28)12-4-2-3-5-13(12)18(26)29)19(30)31-9-16(27)25-15-8-11(20(22,23)24)6-7-14(15)21/h2-8,10H,9H2,1H3,(H,25,27)/t10-/m1/s1. The third-order valence-corrected chi connectivity index (χ3v) is 4.80. The molecule has 0 unspecified atom stereocenters. The lowest BCUT2D eigenvalue weighted by atomic mass is 10.1. The number of anilines is 1. The van der Waals surface area contributed by atoms with Gasteiger partial charge in [-0.2, -0.15) is 13.2 Å². The predicted molar refractivity (Wildman–Crippen MR) is 102 cm³/mol. The SMILES string of the molecule is C[C@H](C(=O)OCC(=O)Nc1cc(C(F)(F)F)ccc1Cl)N1C(=O)c2ccccc2C1=O. The van der Waals surface area contributed by atoms with E-state index in [0.717, 1.165) is 12.1 Å². The number of amides is 3. The van der Waals surface area contributed by atoms with Gasteiger partial charge in [0, 0.05) is 0 Å². The molecule has 0 radical (unpaired) electrons. The number of fused-ring (bicyclic) bond motifs is 1. The van der Waals surface area contributed by atoms with Crippen LogP contribution in [0.25, 0.3) is 0 Å². The van der Waals surface area contributed by atoms with Gasteiger partial charge >= 0.3 is 12.1 Å². The van der Waals surface area contributed by atoms with Crippen LogP contribution < -0.4 is 5.32 Å². The van der Waals surface area contributed by atoms with Crippen molar-refractivity contribution in [3.63, 3.8) is 0 Å². The minimum atomic E-state index is -4.64. The van der Waals surface area contributed by atoms with Gasteiger partial charge in [0.2, 0.25) is 0 Å². The van der Waals surface area contributed by atoms with E-state index < -0.39 is 48.1 Å². The van der Waals surface area contributed by atoms with Crippen molar-refractivity contribution >= 4 is 41.0 Å². The molecule has 2 aromatic carbocycles. The van der Waals surface area contributed by atoms with Crippen molar-refractivity contribution in [2.45, 2.75) is 19.1 Å². The van der Waals surface area contributed by atoms with Crippen molar-refractivity contribution in [3.8, 4) is 0 Å². The second-order valence-corrected chi connectivity index (χ2v) is 6.96. The molecule has 162 valence electrons. The van der Waals surface area contributed by atoms with E-state index in [-0.39, 0.29) is 21.8 Å². The summed E-state index contributed by atoms with van der Waals surface area (Å²) in [6.45, 7) is 0.393. The number of imide groups is 1. The van der Waals surface area contributed by atoms with E-state index >= 15 is 0 Å². The van der Waals surface area contributed by atoms with Crippen LogP contribution in [-0.4, -0.2) is 41.2 Å². The molecular weight excluding hydrogens is 441 g/mol. The van der Waals surface area contributed by atoms with E-state index in [9.17, 15) is 32.3 Å². The fraction of sp³-hybridized carbons (Fsp3) is 0.200. The average molecular weight is 455 g/mol. The normalized spacial score (nSPS) is 14.3. The second-order valence-electron chi connectivity index (χ2n) is 6.55. The lowest BCUT2D eigenvalue weighted by molar-refractivity contribution is -0.150. The highest BCUT2D eigenvalue weighted by Crippen LogP contribution is 2.33. The first-order valence-electron chi connectivity index (χ1n) is 8.81. The molecule has 0 saturated carbocycles. The molecule has 1 atom stereocenters. The van der Waals surface area contributed by atoms with E-state index in [4.69, 9.17) is 16.3 Å². The Labute approximate surface area is 178 Å². The fourth-order valence-corrected chi connectivity index (χ4v) is 3.07. The molecule has 0 saturated heterocycles. The van der Waals surface area contributed by atoms with Gasteiger partial charge in [0.05, 0.1) is 27.4 Å². The van der Waals surface area contributed by atoms with Crippen LogP contribution >= 0.6 is 11.6 Å². The van der Waals surface area contributed by atoms with Crippen LogP contribution in [0.15, 0.2) is 42.5 Å². The molecule has 11 heteroatoms. The molecule has 0 bridgehead atoms. The topological polar surface area (TPSA) is 92.8 Å². The van der Waals surface area contributed by atoms with Crippen molar-refractivity contribution in [2.75, 3.05) is 11.9 Å². The number of ether oxygens (including phenoxy) is 1. The van der Waals surface area contributed by atoms with Crippen molar-refractivity contribution in [3.05, 3.63) is 64.2 Å². The predicted octanol–water partition coefficient (Wildman–Crippen LogP) is 3.53. The number of halogens is 4. The van der Waals surface area contributed by atoms with Gasteiger partial charge < -0.3 is 10.1 Å².